The largest absolute Gasteiger partial charge is 0.397 e. The van der Waals surface area contributed by atoms with Crippen molar-refractivity contribution in [3.63, 3.8) is 0 Å². The maximum atomic E-state index is 6.50. The predicted molar refractivity (Wildman–Crippen MR) is 122 cm³/mol. The summed E-state index contributed by atoms with van der Waals surface area (Å²) in [6.45, 7) is 6.12. The first-order valence-electron chi connectivity index (χ1n) is 10.7. The summed E-state index contributed by atoms with van der Waals surface area (Å²) in [5.74, 6) is 1.62. The van der Waals surface area contributed by atoms with E-state index in [2.05, 4.69) is 45.4 Å². The summed E-state index contributed by atoms with van der Waals surface area (Å²) in [7, 11) is 0. The first kappa shape index (κ1) is 19.6. The molecule has 0 amide bonds. The molecule has 1 aliphatic rings. The average molecular weight is 418 g/mol. The van der Waals surface area contributed by atoms with Crippen molar-refractivity contribution >= 4 is 22.7 Å². The van der Waals surface area contributed by atoms with Gasteiger partial charge in [0.1, 0.15) is 11.3 Å². The van der Waals surface area contributed by atoms with Gasteiger partial charge in [-0.15, -0.1) is 0 Å². The summed E-state index contributed by atoms with van der Waals surface area (Å²) in [4.78, 5) is 4.92. The minimum Gasteiger partial charge on any atom is -0.397 e. The van der Waals surface area contributed by atoms with E-state index in [1.165, 1.54) is 5.56 Å². The topological polar surface area (TPSA) is 91.1 Å². The van der Waals surface area contributed by atoms with E-state index in [0.717, 1.165) is 65.6 Å². The van der Waals surface area contributed by atoms with E-state index in [9.17, 15) is 0 Å². The Morgan fingerprint density at radius 3 is 2.61 bits per heavy atom. The summed E-state index contributed by atoms with van der Waals surface area (Å²) in [6.07, 6.45) is 1.93. The van der Waals surface area contributed by atoms with Crippen LogP contribution in [-0.2, 0) is 11.3 Å². The fourth-order valence-electron chi connectivity index (χ4n) is 4.35. The fourth-order valence-corrected chi connectivity index (χ4v) is 4.35. The molecule has 3 N–H and O–H groups in total. The second-order valence-corrected chi connectivity index (χ2v) is 8.17. The Morgan fingerprint density at radius 2 is 1.90 bits per heavy atom. The number of ether oxygens (including phenoxy) is 1. The summed E-state index contributed by atoms with van der Waals surface area (Å²) >= 11 is 0. The molecule has 0 radical (unpaired) electrons. The van der Waals surface area contributed by atoms with Gasteiger partial charge in [0.15, 0.2) is 0 Å². The molecule has 0 spiro atoms. The minimum atomic E-state index is 0.336. The second kappa shape index (κ2) is 8.07. The Labute approximate surface area is 181 Å². The van der Waals surface area contributed by atoms with Crippen molar-refractivity contribution in [3.05, 3.63) is 59.5 Å². The smallest absolute Gasteiger partial charge is 0.204 e. The van der Waals surface area contributed by atoms with Gasteiger partial charge >= 0.3 is 0 Å². The molecule has 0 aliphatic carbocycles. The Kier molecular flexibility index (Phi) is 5.11. The third kappa shape index (κ3) is 3.77. The van der Waals surface area contributed by atoms with Gasteiger partial charge in [0, 0.05) is 24.8 Å². The van der Waals surface area contributed by atoms with Crippen LogP contribution in [0.3, 0.4) is 0 Å². The van der Waals surface area contributed by atoms with Crippen LogP contribution in [0.25, 0.3) is 22.2 Å². The zero-order valence-corrected chi connectivity index (χ0v) is 17.9. The van der Waals surface area contributed by atoms with Crippen molar-refractivity contribution in [3.8, 4) is 11.1 Å². The van der Waals surface area contributed by atoms with E-state index in [0.29, 0.717) is 18.3 Å². The molecule has 2 aromatic carbocycles. The van der Waals surface area contributed by atoms with Crippen LogP contribution in [-0.4, -0.2) is 34.0 Å². The van der Waals surface area contributed by atoms with Crippen LogP contribution in [0, 0.1) is 13.8 Å². The summed E-state index contributed by atoms with van der Waals surface area (Å²) in [5, 5.41) is 7.76. The van der Waals surface area contributed by atoms with Crippen LogP contribution < -0.4 is 11.1 Å². The van der Waals surface area contributed by atoms with E-state index in [1.807, 2.05) is 26.0 Å². The Balaban J connectivity index is 1.64. The fraction of sp³-hybridized carbons (Fsp3) is 0.333. The molecule has 7 heteroatoms. The Bertz CT molecular complexity index is 1190. The van der Waals surface area contributed by atoms with Crippen molar-refractivity contribution in [2.24, 2.45) is 0 Å². The molecule has 3 heterocycles. The highest BCUT2D eigenvalue weighted by Crippen LogP contribution is 2.35. The zero-order valence-electron chi connectivity index (χ0n) is 17.9. The number of hydrogen-bond acceptors (Lipinski definition) is 6. The number of hydrogen-bond donors (Lipinski definition) is 2. The Hall–Kier alpha value is -3.32. The lowest BCUT2D eigenvalue weighted by Gasteiger charge is -2.24. The van der Waals surface area contributed by atoms with Crippen LogP contribution in [0.5, 0.6) is 0 Å². The van der Waals surface area contributed by atoms with E-state index in [-0.39, 0.29) is 0 Å². The maximum Gasteiger partial charge on any atom is 0.204 e. The molecule has 7 nitrogen and oxygen atoms in total. The lowest BCUT2D eigenvalue weighted by Crippen LogP contribution is -2.29. The molecule has 1 saturated heterocycles. The van der Waals surface area contributed by atoms with Gasteiger partial charge in [-0.05, 0) is 49.9 Å². The number of fused-ring (bicyclic) bond motifs is 1. The molecular weight excluding hydrogens is 390 g/mol. The first-order valence-corrected chi connectivity index (χ1v) is 10.7. The van der Waals surface area contributed by atoms with Gasteiger partial charge in [-0.2, -0.15) is 0 Å². The van der Waals surface area contributed by atoms with Crippen LogP contribution in [0.4, 0.5) is 11.6 Å². The van der Waals surface area contributed by atoms with Gasteiger partial charge in [0.2, 0.25) is 5.95 Å². The number of nitrogens with zero attached hydrogens (tertiary/aromatic N) is 3. The number of nitrogens with two attached hydrogens (primary N) is 1. The van der Waals surface area contributed by atoms with Gasteiger partial charge in [-0.25, -0.2) is 4.98 Å². The number of aryl methyl sites for hydroxylation is 2. The van der Waals surface area contributed by atoms with E-state index in [4.69, 9.17) is 20.0 Å². The molecule has 2 aromatic heterocycles. The maximum absolute atomic E-state index is 6.50. The highest BCUT2D eigenvalue weighted by molar-refractivity contribution is 5.94. The van der Waals surface area contributed by atoms with Crippen molar-refractivity contribution in [1.29, 1.82) is 0 Å². The van der Waals surface area contributed by atoms with Crippen LogP contribution in [0.2, 0.25) is 0 Å². The lowest BCUT2D eigenvalue weighted by atomic mass is 10.0. The summed E-state index contributed by atoms with van der Waals surface area (Å²) in [6, 6.07) is 14.9. The number of anilines is 2. The molecule has 1 aliphatic heterocycles. The molecule has 0 atom stereocenters. The number of nitrogen functional groups attached to an aromatic ring is 1. The van der Waals surface area contributed by atoms with Crippen molar-refractivity contribution in [2.45, 2.75) is 39.3 Å². The normalized spacial score (nSPS) is 14.9. The van der Waals surface area contributed by atoms with Gasteiger partial charge in [-0.1, -0.05) is 35.5 Å². The van der Waals surface area contributed by atoms with E-state index >= 15 is 0 Å². The molecule has 1 fully saturated rings. The van der Waals surface area contributed by atoms with Gasteiger partial charge in [0.25, 0.3) is 0 Å². The second-order valence-electron chi connectivity index (χ2n) is 8.17. The highest BCUT2D eigenvalue weighted by atomic mass is 16.5. The van der Waals surface area contributed by atoms with E-state index < -0.39 is 0 Å². The SMILES string of the molecule is Cc1noc(C)c1-c1cc(N)c2nc(NC3CCOCC3)n(Cc3ccccc3)c2c1. The molecule has 0 saturated carbocycles. The van der Waals surface area contributed by atoms with E-state index in [1.54, 1.807) is 0 Å². The molecular formula is C24H27N5O2. The Morgan fingerprint density at radius 1 is 1.13 bits per heavy atom. The number of rotatable bonds is 5. The van der Waals surface area contributed by atoms with Crippen LogP contribution in [0.1, 0.15) is 29.9 Å². The molecule has 5 rings (SSSR count). The minimum absolute atomic E-state index is 0.336. The van der Waals surface area contributed by atoms with Gasteiger partial charge < -0.3 is 24.9 Å². The molecule has 4 aromatic rings. The predicted octanol–water partition coefficient (Wildman–Crippen LogP) is 4.53. The number of nitrogens with one attached hydrogen (secondary N) is 1. The van der Waals surface area contributed by atoms with Gasteiger partial charge in [0.05, 0.1) is 23.4 Å². The monoisotopic (exact) mass is 417 g/mol. The summed E-state index contributed by atoms with van der Waals surface area (Å²) in [5.41, 5.74) is 13.0. The zero-order chi connectivity index (χ0) is 21.4. The van der Waals surface area contributed by atoms with Crippen molar-refractivity contribution in [1.82, 2.24) is 14.7 Å². The first-order chi connectivity index (χ1) is 15.1. The average Bonchev–Trinajstić information content (AvgIpc) is 3.29. The highest BCUT2D eigenvalue weighted by Gasteiger charge is 2.21. The van der Waals surface area contributed by atoms with Crippen LogP contribution >= 0.6 is 0 Å². The van der Waals surface area contributed by atoms with Gasteiger partial charge in [-0.3, -0.25) is 0 Å². The number of benzene rings is 2. The standard InChI is InChI=1S/C24H27N5O2/c1-15-22(16(2)31-28-15)18-12-20(25)23-21(13-18)29(14-17-6-4-3-5-7-17)24(27-23)26-19-8-10-30-11-9-19/h3-7,12-13,19H,8-11,14,25H2,1-2H3,(H,26,27). The molecule has 0 bridgehead atoms. The van der Waals surface area contributed by atoms with Crippen molar-refractivity contribution < 1.29 is 9.26 Å². The quantitative estimate of drug-likeness (QED) is 0.464. The number of aromatic nitrogens is 3. The number of imidazole rings is 1. The van der Waals surface area contributed by atoms with Crippen molar-refractivity contribution in [2.75, 3.05) is 24.3 Å². The van der Waals surface area contributed by atoms with Crippen LogP contribution in [0.15, 0.2) is 47.0 Å². The summed E-state index contributed by atoms with van der Waals surface area (Å²) < 4.78 is 13.1. The molecule has 0 unspecified atom stereocenters. The molecule has 160 valence electrons. The third-order valence-corrected chi connectivity index (χ3v) is 5.94. The lowest BCUT2D eigenvalue weighted by molar-refractivity contribution is 0.0902. The molecule has 31 heavy (non-hydrogen) atoms. The third-order valence-electron chi connectivity index (χ3n) is 5.94.